The summed E-state index contributed by atoms with van der Waals surface area (Å²) in [4.78, 5) is 3.42. The standard InChI is InChI=1S/C12H8ClF2NO/c13-9-2-1-8(11(14)5-9)7-17-10-3-4-12(15)16-6-10/h1-6H,7H2. The zero-order valence-electron chi connectivity index (χ0n) is 8.66. The van der Waals surface area contributed by atoms with Crippen LogP contribution in [0.4, 0.5) is 8.78 Å². The van der Waals surface area contributed by atoms with E-state index in [-0.39, 0.29) is 6.61 Å². The first kappa shape index (κ1) is 11.8. The van der Waals surface area contributed by atoms with E-state index in [9.17, 15) is 8.78 Å². The molecule has 2 aromatic rings. The van der Waals surface area contributed by atoms with Gasteiger partial charge in [0.25, 0.3) is 0 Å². The minimum absolute atomic E-state index is 0.0380. The molecule has 0 atom stereocenters. The summed E-state index contributed by atoms with van der Waals surface area (Å²) in [5.41, 5.74) is 0.374. The normalized spacial score (nSPS) is 10.3. The lowest BCUT2D eigenvalue weighted by atomic mass is 10.2. The van der Waals surface area contributed by atoms with E-state index in [4.69, 9.17) is 16.3 Å². The molecule has 0 fully saturated rings. The van der Waals surface area contributed by atoms with Crippen molar-refractivity contribution in [3.63, 3.8) is 0 Å². The Labute approximate surface area is 102 Å². The third-order valence-corrected chi connectivity index (χ3v) is 2.34. The van der Waals surface area contributed by atoms with Crippen molar-refractivity contribution in [1.29, 1.82) is 0 Å². The highest BCUT2D eigenvalue weighted by Crippen LogP contribution is 2.17. The molecule has 0 aliphatic carbocycles. The molecule has 0 saturated carbocycles. The molecule has 88 valence electrons. The fourth-order valence-corrected chi connectivity index (χ4v) is 1.41. The molecular formula is C12H8ClF2NO. The Morgan fingerprint density at radius 3 is 2.65 bits per heavy atom. The number of ether oxygens (including phenoxy) is 1. The molecule has 0 saturated heterocycles. The summed E-state index contributed by atoms with van der Waals surface area (Å²) in [6, 6.07) is 6.92. The minimum atomic E-state index is -0.588. The van der Waals surface area contributed by atoms with E-state index in [0.29, 0.717) is 16.3 Å². The maximum absolute atomic E-state index is 13.4. The summed E-state index contributed by atoms with van der Waals surface area (Å²) in [5, 5.41) is 0.328. The van der Waals surface area contributed by atoms with Gasteiger partial charge in [-0.1, -0.05) is 17.7 Å². The second-order valence-corrected chi connectivity index (χ2v) is 3.78. The van der Waals surface area contributed by atoms with Crippen molar-refractivity contribution in [2.24, 2.45) is 0 Å². The van der Waals surface area contributed by atoms with Crippen LogP contribution in [0.1, 0.15) is 5.56 Å². The van der Waals surface area contributed by atoms with E-state index in [1.54, 1.807) is 6.07 Å². The van der Waals surface area contributed by atoms with E-state index in [1.165, 1.54) is 30.5 Å². The molecule has 17 heavy (non-hydrogen) atoms. The van der Waals surface area contributed by atoms with Crippen LogP contribution >= 0.6 is 11.6 Å². The number of benzene rings is 1. The van der Waals surface area contributed by atoms with E-state index in [1.807, 2.05) is 0 Å². The number of hydrogen-bond acceptors (Lipinski definition) is 2. The molecule has 2 nitrogen and oxygen atoms in total. The molecular weight excluding hydrogens is 248 g/mol. The molecule has 0 aliphatic rings. The Hall–Kier alpha value is -1.68. The van der Waals surface area contributed by atoms with Gasteiger partial charge in [-0.05, 0) is 24.3 Å². The molecule has 0 N–H and O–H groups in total. The Balaban J connectivity index is 2.04. The quantitative estimate of drug-likeness (QED) is 0.782. The average Bonchev–Trinajstić information content (AvgIpc) is 2.30. The minimum Gasteiger partial charge on any atom is -0.487 e. The fraction of sp³-hybridized carbons (Fsp3) is 0.0833. The molecule has 0 radical (unpaired) electrons. The Kier molecular flexibility index (Phi) is 3.54. The Morgan fingerprint density at radius 2 is 2.00 bits per heavy atom. The number of rotatable bonds is 3. The van der Waals surface area contributed by atoms with Crippen LogP contribution in [-0.4, -0.2) is 4.98 Å². The van der Waals surface area contributed by atoms with Crippen LogP contribution in [0.2, 0.25) is 5.02 Å². The van der Waals surface area contributed by atoms with Crippen LogP contribution in [0.3, 0.4) is 0 Å². The summed E-state index contributed by atoms with van der Waals surface area (Å²) < 4.78 is 31.1. The predicted molar refractivity (Wildman–Crippen MR) is 59.9 cm³/mol. The molecule has 2 rings (SSSR count). The predicted octanol–water partition coefficient (Wildman–Crippen LogP) is 3.59. The maximum Gasteiger partial charge on any atom is 0.213 e. The van der Waals surface area contributed by atoms with E-state index in [0.717, 1.165) is 0 Å². The van der Waals surface area contributed by atoms with Crippen molar-refractivity contribution in [3.05, 3.63) is 58.9 Å². The van der Waals surface area contributed by atoms with Gasteiger partial charge in [0.15, 0.2) is 0 Å². The lowest BCUT2D eigenvalue weighted by Crippen LogP contribution is -1.99. The third kappa shape index (κ3) is 3.14. The highest BCUT2D eigenvalue weighted by molar-refractivity contribution is 6.30. The first-order chi connectivity index (χ1) is 8.15. The largest absolute Gasteiger partial charge is 0.487 e. The van der Waals surface area contributed by atoms with Crippen molar-refractivity contribution in [3.8, 4) is 5.75 Å². The molecule has 0 spiro atoms. The molecule has 5 heteroatoms. The first-order valence-corrected chi connectivity index (χ1v) is 5.21. The molecule has 1 aromatic heterocycles. The van der Waals surface area contributed by atoms with Gasteiger partial charge >= 0.3 is 0 Å². The summed E-state index contributed by atoms with van der Waals surface area (Å²) in [7, 11) is 0. The van der Waals surface area contributed by atoms with Crippen LogP contribution in [0.25, 0.3) is 0 Å². The van der Waals surface area contributed by atoms with Gasteiger partial charge in [-0.3, -0.25) is 0 Å². The SMILES string of the molecule is Fc1ccc(OCc2ccc(Cl)cc2F)cn1. The van der Waals surface area contributed by atoms with E-state index >= 15 is 0 Å². The van der Waals surface area contributed by atoms with Gasteiger partial charge < -0.3 is 4.74 Å². The summed E-state index contributed by atoms with van der Waals surface area (Å²) in [5.74, 6) is -0.650. The van der Waals surface area contributed by atoms with Gasteiger partial charge in [0.05, 0.1) is 6.20 Å². The summed E-state index contributed by atoms with van der Waals surface area (Å²) in [6.07, 6.45) is 1.24. The summed E-state index contributed by atoms with van der Waals surface area (Å²) in [6.45, 7) is 0.0380. The highest BCUT2D eigenvalue weighted by atomic mass is 35.5. The van der Waals surface area contributed by atoms with Gasteiger partial charge in [-0.25, -0.2) is 9.37 Å². The van der Waals surface area contributed by atoms with Crippen molar-refractivity contribution in [2.75, 3.05) is 0 Å². The number of aromatic nitrogens is 1. The van der Waals surface area contributed by atoms with Crippen LogP contribution in [0.5, 0.6) is 5.75 Å². The second-order valence-electron chi connectivity index (χ2n) is 3.34. The fourth-order valence-electron chi connectivity index (χ4n) is 1.25. The zero-order valence-corrected chi connectivity index (χ0v) is 9.42. The first-order valence-electron chi connectivity index (χ1n) is 4.83. The monoisotopic (exact) mass is 255 g/mol. The number of halogens is 3. The number of hydrogen-bond donors (Lipinski definition) is 0. The highest BCUT2D eigenvalue weighted by Gasteiger charge is 2.04. The summed E-state index contributed by atoms with van der Waals surface area (Å²) >= 11 is 5.62. The van der Waals surface area contributed by atoms with E-state index in [2.05, 4.69) is 4.98 Å². The van der Waals surface area contributed by atoms with Crippen molar-refractivity contribution in [1.82, 2.24) is 4.98 Å². The van der Waals surface area contributed by atoms with Gasteiger partial charge in [0.2, 0.25) is 5.95 Å². The topological polar surface area (TPSA) is 22.1 Å². The van der Waals surface area contributed by atoms with Crippen LogP contribution in [-0.2, 0) is 6.61 Å². The van der Waals surface area contributed by atoms with Gasteiger partial charge in [-0.2, -0.15) is 4.39 Å². The molecule has 1 heterocycles. The second kappa shape index (κ2) is 5.10. The van der Waals surface area contributed by atoms with Crippen molar-refractivity contribution >= 4 is 11.6 Å². The average molecular weight is 256 g/mol. The van der Waals surface area contributed by atoms with Crippen molar-refractivity contribution < 1.29 is 13.5 Å². The Morgan fingerprint density at radius 1 is 1.18 bits per heavy atom. The number of nitrogens with zero attached hydrogens (tertiary/aromatic N) is 1. The van der Waals surface area contributed by atoms with Gasteiger partial charge in [-0.15, -0.1) is 0 Å². The lowest BCUT2D eigenvalue weighted by Gasteiger charge is -2.06. The number of pyridine rings is 1. The molecule has 0 amide bonds. The van der Waals surface area contributed by atoms with Crippen molar-refractivity contribution in [2.45, 2.75) is 6.61 Å². The molecule has 0 bridgehead atoms. The third-order valence-electron chi connectivity index (χ3n) is 2.11. The zero-order chi connectivity index (χ0) is 12.3. The molecule has 0 aliphatic heterocycles. The van der Waals surface area contributed by atoms with E-state index < -0.39 is 11.8 Å². The van der Waals surface area contributed by atoms with Gasteiger partial charge in [0.1, 0.15) is 18.2 Å². The van der Waals surface area contributed by atoms with Crippen LogP contribution < -0.4 is 4.74 Å². The molecule has 0 unspecified atom stereocenters. The lowest BCUT2D eigenvalue weighted by molar-refractivity contribution is 0.297. The molecule has 1 aromatic carbocycles. The maximum atomic E-state index is 13.4. The smallest absolute Gasteiger partial charge is 0.213 e. The Bertz CT molecular complexity index is 516. The van der Waals surface area contributed by atoms with Gasteiger partial charge in [0, 0.05) is 10.6 Å². The van der Waals surface area contributed by atoms with Crippen LogP contribution in [0.15, 0.2) is 36.5 Å². The van der Waals surface area contributed by atoms with Crippen LogP contribution in [0, 0.1) is 11.8 Å².